The van der Waals surface area contributed by atoms with Crippen molar-refractivity contribution < 1.29 is 9.84 Å². The fourth-order valence-electron chi connectivity index (χ4n) is 3.06. The van der Waals surface area contributed by atoms with Gasteiger partial charge < -0.3 is 14.7 Å². The third kappa shape index (κ3) is 2.33. The van der Waals surface area contributed by atoms with E-state index in [9.17, 15) is 5.11 Å². The number of fused-ring (bicyclic) bond motifs is 1. The molecule has 2 aromatic rings. The van der Waals surface area contributed by atoms with Gasteiger partial charge in [0.2, 0.25) is 5.88 Å². The highest BCUT2D eigenvalue weighted by atomic mass is 16.5. The third-order valence-electron chi connectivity index (χ3n) is 4.54. The van der Waals surface area contributed by atoms with Crippen molar-refractivity contribution in [3.8, 4) is 5.88 Å². The standard InChI is InChI=1S/C18H20N2O2/c1-12-9-16(19-17(10-12)22-14-6-4-7-14)20-11-13-5-2-3-8-15(13)18(20)21/h2-3,5,8-10,14,18,21H,4,6-7,11H2,1H3. The van der Waals surface area contributed by atoms with Gasteiger partial charge in [-0.3, -0.25) is 0 Å². The zero-order valence-electron chi connectivity index (χ0n) is 12.7. The molecule has 1 aromatic heterocycles. The van der Waals surface area contributed by atoms with Crippen LogP contribution < -0.4 is 9.64 Å². The second kappa shape index (κ2) is 5.29. The van der Waals surface area contributed by atoms with E-state index in [1.807, 2.05) is 42.2 Å². The monoisotopic (exact) mass is 296 g/mol. The minimum absolute atomic E-state index is 0.308. The molecule has 1 aromatic carbocycles. The number of aromatic nitrogens is 1. The molecule has 0 spiro atoms. The van der Waals surface area contributed by atoms with Gasteiger partial charge >= 0.3 is 0 Å². The fraction of sp³-hybridized carbons (Fsp3) is 0.389. The van der Waals surface area contributed by atoms with Crippen LogP contribution in [0, 0.1) is 6.92 Å². The van der Waals surface area contributed by atoms with Gasteiger partial charge in [-0.05, 0) is 43.4 Å². The van der Waals surface area contributed by atoms with Crippen molar-refractivity contribution in [3.05, 3.63) is 53.1 Å². The van der Waals surface area contributed by atoms with Crippen LogP contribution in [0.15, 0.2) is 36.4 Å². The minimum Gasteiger partial charge on any atom is -0.474 e. The highest BCUT2D eigenvalue weighted by Gasteiger charge is 2.29. The third-order valence-corrected chi connectivity index (χ3v) is 4.54. The van der Waals surface area contributed by atoms with Gasteiger partial charge in [0.05, 0.1) is 0 Å². The summed E-state index contributed by atoms with van der Waals surface area (Å²) in [5.74, 6) is 1.45. The highest BCUT2D eigenvalue weighted by Crippen LogP contribution is 2.36. The van der Waals surface area contributed by atoms with E-state index in [1.54, 1.807) is 0 Å². The van der Waals surface area contributed by atoms with E-state index >= 15 is 0 Å². The van der Waals surface area contributed by atoms with E-state index in [-0.39, 0.29) is 0 Å². The first-order valence-corrected chi connectivity index (χ1v) is 7.88. The molecular weight excluding hydrogens is 276 g/mol. The van der Waals surface area contributed by atoms with Gasteiger partial charge in [-0.15, -0.1) is 0 Å². The number of hydrogen-bond acceptors (Lipinski definition) is 4. The summed E-state index contributed by atoms with van der Waals surface area (Å²) in [7, 11) is 0. The minimum atomic E-state index is -0.637. The summed E-state index contributed by atoms with van der Waals surface area (Å²) in [6.45, 7) is 2.71. The summed E-state index contributed by atoms with van der Waals surface area (Å²) in [6.07, 6.45) is 3.14. The molecule has 4 nitrogen and oxygen atoms in total. The van der Waals surface area contributed by atoms with Gasteiger partial charge in [0, 0.05) is 18.2 Å². The highest BCUT2D eigenvalue weighted by molar-refractivity contribution is 5.51. The number of nitrogens with zero attached hydrogens (tertiary/aromatic N) is 2. The van der Waals surface area contributed by atoms with Crippen molar-refractivity contribution in [1.82, 2.24) is 4.98 Å². The van der Waals surface area contributed by atoms with Gasteiger partial charge in [0.25, 0.3) is 0 Å². The van der Waals surface area contributed by atoms with Crippen molar-refractivity contribution in [2.24, 2.45) is 0 Å². The van der Waals surface area contributed by atoms with Crippen LogP contribution >= 0.6 is 0 Å². The molecule has 1 aliphatic heterocycles. The first kappa shape index (κ1) is 13.6. The summed E-state index contributed by atoms with van der Waals surface area (Å²) in [4.78, 5) is 6.54. The summed E-state index contributed by atoms with van der Waals surface area (Å²) in [6, 6.07) is 12.0. The molecule has 1 N–H and O–H groups in total. The zero-order chi connectivity index (χ0) is 15.1. The number of aliphatic hydroxyl groups excluding tert-OH is 1. The Morgan fingerprint density at radius 1 is 1.23 bits per heavy atom. The Labute approximate surface area is 130 Å². The first-order valence-electron chi connectivity index (χ1n) is 7.88. The lowest BCUT2D eigenvalue weighted by molar-refractivity contribution is 0.114. The van der Waals surface area contributed by atoms with E-state index in [0.29, 0.717) is 18.5 Å². The summed E-state index contributed by atoms with van der Waals surface area (Å²) in [5.41, 5.74) is 3.22. The molecule has 0 bridgehead atoms. The Morgan fingerprint density at radius 2 is 2.05 bits per heavy atom. The Morgan fingerprint density at radius 3 is 2.77 bits per heavy atom. The molecule has 2 heterocycles. The number of rotatable bonds is 3. The molecular formula is C18H20N2O2. The largest absolute Gasteiger partial charge is 0.474 e. The molecule has 1 saturated carbocycles. The molecule has 0 saturated heterocycles. The summed E-state index contributed by atoms with van der Waals surface area (Å²) < 4.78 is 5.92. The molecule has 1 aliphatic carbocycles. The van der Waals surface area contributed by atoms with Crippen LogP contribution in [0.2, 0.25) is 0 Å². The van der Waals surface area contributed by atoms with Crippen LogP contribution in [-0.4, -0.2) is 16.2 Å². The van der Waals surface area contributed by atoms with Crippen LogP contribution in [0.5, 0.6) is 5.88 Å². The molecule has 1 unspecified atom stereocenters. The lowest BCUT2D eigenvalue weighted by atomic mass is 9.96. The molecule has 0 amide bonds. The molecule has 0 radical (unpaired) electrons. The maximum Gasteiger partial charge on any atom is 0.215 e. The van der Waals surface area contributed by atoms with Crippen LogP contribution in [0.25, 0.3) is 0 Å². The number of benzene rings is 1. The zero-order valence-corrected chi connectivity index (χ0v) is 12.7. The van der Waals surface area contributed by atoms with E-state index in [0.717, 1.165) is 35.3 Å². The Kier molecular flexibility index (Phi) is 3.26. The van der Waals surface area contributed by atoms with E-state index in [2.05, 4.69) is 11.1 Å². The van der Waals surface area contributed by atoms with Crippen LogP contribution in [0.4, 0.5) is 5.82 Å². The number of aryl methyl sites for hydroxylation is 1. The lowest BCUT2D eigenvalue weighted by Gasteiger charge is -2.27. The number of ether oxygens (including phenoxy) is 1. The summed E-state index contributed by atoms with van der Waals surface area (Å²) >= 11 is 0. The second-order valence-corrected chi connectivity index (χ2v) is 6.21. The molecule has 1 fully saturated rings. The van der Waals surface area contributed by atoms with Gasteiger partial charge in [-0.2, -0.15) is 4.98 Å². The van der Waals surface area contributed by atoms with E-state index in [1.165, 1.54) is 6.42 Å². The van der Waals surface area contributed by atoms with Gasteiger partial charge in [0.1, 0.15) is 11.9 Å². The quantitative estimate of drug-likeness (QED) is 0.943. The number of anilines is 1. The van der Waals surface area contributed by atoms with Crippen LogP contribution in [0.1, 0.15) is 42.2 Å². The Balaban J connectivity index is 1.62. The van der Waals surface area contributed by atoms with E-state index < -0.39 is 6.23 Å². The maximum absolute atomic E-state index is 10.6. The normalized spacial score (nSPS) is 20.6. The number of pyridine rings is 1. The van der Waals surface area contributed by atoms with E-state index in [4.69, 9.17) is 4.74 Å². The van der Waals surface area contributed by atoms with Gasteiger partial charge in [0.15, 0.2) is 6.23 Å². The van der Waals surface area contributed by atoms with Crippen LogP contribution in [-0.2, 0) is 6.54 Å². The predicted octanol–water partition coefficient (Wildman–Crippen LogP) is 3.33. The molecule has 4 heteroatoms. The topological polar surface area (TPSA) is 45.6 Å². The SMILES string of the molecule is Cc1cc(OC2CCC2)nc(N2Cc3ccccc3C2O)c1. The smallest absolute Gasteiger partial charge is 0.215 e. The maximum atomic E-state index is 10.6. The van der Waals surface area contributed by atoms with Gasteiger partial charge in [-0.1, -0.05) is 24.3 Å². The predicted molar refractivity (Wildman–Crippen MR) is 84.8 cm³/mol. The van der Waals surface area contributed by atoms with Crippen molar-refractivity contribution in [2.45, 2.75) is 45.1 Å². The van der Waals surface area contributed by atoms with Crippen molar-refractivity contribution >= 4 is 5.82 Å². The molecule has 4 rings (SSSR count). The molecule has 1 atom stereocenters. The number of hydrogen-bond donors (Lipinski definition) is 1. The van der Waals surface area contributed by atoms with Crippen molar-refractivity contribution in [3.63, 3.8) is 0 Å². The van der Waals surface area contributed by atoms with Crippen molar-refractivity contribution in [1.29, 1.82) is 0 Å². The van der Waals surface area contributed by atoms with Gasteiger partial charge in [-0.25, -0.2) is 0 Å². The first-order chi connectivity index (χ1) is 10.7. The number of aliphatic hydroxyl groups is 1. The average Bonchev–Trinajstić information content (AvgIpc) is 2.80. The summed E-state index contributed by atoms with van der Waals surface area (Å²) in [5, 5.41) is 10.6. The molecule has 22 heavy (non-hydrogen) atoms. The second-order valence-electron chi connectivity index (χ2n) is 6.21. The fourth-order valence-corrected chi connectivity index (χ4v) is 3.06. The Hall–Kier alpha value is -2.07. The van der Waals surface area contributed by atoms with Crippen LogP contribution in [0.3, 0.4) is 0 Å². The Bertz CT molecular complexity index is 697. The van der Waals surface area contributed by atoms with Crippen molar-refractivity contribution in [2.75, 3.05) is 4.90 Å². The molecule has 2 aliphatic rings. The molecule has 114 valence electrons. The lowest BCUT2D eigenvalue weighted by Crippen LogP contribution is -2.26. The average molecular weight is 296 g/mol.